The summed E-state index contributed by atoms with van der Waals surface area (Å²) in [6.45, 7) is 11.8. The second kappa shape index (κ2) is 9.30. The Labute approximate surface area is 149 Å². The molecule has 0 aliphatic heterocycles. The number of Topliss-reactive ketones (excluding diaryl/α,β-unsaturated/α-hetero) is 1. The zero-order valence-corrected chi connectivity index (χ0v) is 15.9. The Bertz CT molecular complexity index is 573. The molecule has 6 nitrogen and oxygen atoms in total. The molecule has 0 fully saturated rings. The molecule has 0 atom stereocenters. The van der Waals surface area contributed by atoms with E-state index in [4.69, 9.17) is 18.9 Å². The summed E-state index contributed by atoms with van der Waals surface area (Å²) in [7, 11) is 0. The number of benzene rings is 1. The molecule has 1 aromatic carbocycles. The number of rotatable bonds is 9. The zero-order chi connectivity index (χ0) is 19.0. The number of hydrogen-bond acceptors (Lipinski definition) is 6. The van der Waals surface area contributed by atoms with Crippen LogP contribution in [0.3, 0.4) is 0 Å². The lowest BCUT2D eigenvalue weighted by Gasteiger charge is -2.18. The van der Waals surface area contributed by atoms with Crippen LogP contribution in [0.2, 0.25) is 0 Å². The van der Waals surface area contributed by atoms with Gasteiger partial charge in [-0.3, -0.25) is 4.79 Å². The predicted octanol–water partition coefficient (Wildman–Crippen LogP) is 3.65. The molecule has 0 unspecified atom stereocenters. The molecule has 1 rings (SSSR count). The third kappa shape index (κ3) is 5.96. The summed E-state index contributed by atoms with van der Waals surface area (Å²) in [5.41, 5.74) is -0.316. The normalized spacial score (nSPS) is 11.0. The Morgan fingerprint density at radius 3 is 1.76 bits per heavy atom. The summed E-state index contributed by atoms with van der Waals surface area (Å²) in [5, 5.41) is 0. The van der Waals surface area contributed by atoms with Gasteiger partial charge in [0, 0.05) is 5.41 Å². The number of ketones is 1. The van der Waals surface area contributed by atoms with Crippen molar-refractivity contribution in [2.45, 2.75) is 41.5 Å². The topological polar surface area (TPSA) is 71.1 Å². The lowest BCUT2D eigenvalue weighted by atomic mass is 9.91. The molecule has 140 valence electrons. The molecule has 0 N–H and O–H groups in total. The molecule has 0 spiro atoms. The largest absolute Gasteiger partial charge is 0.490 e. The van der Waals surface area contributed by atoms with Gasteiger partial charge in [0.2, 0.25) is 5.75 Å². The van der Waals surface area contributed by atoms with Crippen molar-refractivity contribution in [2.24, 2.45) is 5.41 Å². The lowest BCUT2D eigenvalue weighted by Crippen LogP contribution is -2.26. The van der Waals surface area contributed by atoms with Gasteiger partial charge in [-0.25, -0.2) is 4.79 Å². The first-order chi connectivity index (χ1) is 11.7. The number of carbonyl (C=O) groups is 2. The number of carbonyl (C=O) groups excluding carboxylic acids is 2. The number of ether oxygens (including phenoxy) is 4. The first-order valence-electron chi connectivity index (χ1n) is 8.51. The van der Waals surface area contributed by atoms with Crippen LogP contribution in [0.15, 0.2) is 12.1 Å². The van der Waals surface area contributed by atoms with E-state index in [1.54, 1.807) is 32.9 Å². The number of hydrogen-bond donors (Lipinski definition) is 0. The third-order valence-corrected chi connectivity index (χ3v) is 3.32. The van der Waals surface area contributed by atoms with Crippen LogP contribution in [-0.4, -0.2) is 38.2 Å². The molecular formula is C19H28O6. The van der Waals surface area contributed by atoms with E-state index in [1.807, 2.05) is 20.8 Å². The second-order valence-electron chi connectivity index (χ2n) is 6.35. The Morgan fingerprint density at radius 2 is 1.36 bits per heavy atom. The summed E-state index contributed by atoms with van der Waals surface area (Å²) in [4.78, 5) is 24.3. The first kappa shape index (κ1) is 20.8. The van der Waals surface area contributed by atoms with Gasteiger partial charge in [-0.15, -0.1) is 0 Å². The van der Waals surface area contributed by atoms with E-state index in [2.05, 4.69) is 0 Å². The Balaban J connectivity index is 3.09. The van der Waals surface area contributed by atoms with Gasteiger partial charge < -0.3 is 18.9 Å². The van der Waals surface area contributed by atoms with Gasteiger partial charge in [-0.05, 0) is 32.9 Å². The summed E-state index contributed by atoms with van der Waals surface area (Å²) in [5.74, 6) is 0.506. The fourth-order valence-electron chi connectivity index (χ4n) is 1.94. The highest BCUT2D eigenvalue weighted by Crippen LogP contribution is 2.39. The van der Waals surface area contributed by atoms with Crippen molar-refractivity contribution >= 4 is 11.8 Å². The second-order valence-corrected chi connectivity index (χ2v) is 6.35. The summed E-state index contributed by atoms with van der Waals surface area (Å²) in [6.07, 6.45) is 0. The molecule has 0 aliphatic rings. The molecule has 6 heteroatoms. The van der Waals surface area contributed by atoms with Crippen molar-refractivity contribution in [1.29, 1.82) is 0 Å². The van der Waals surface area contributed by atoms with Crippen LogP contribution < -0.4 is 14.2 Å². The summed E-state index contributed by atoms with van der Waals surface area (Å²) < 4.78 is 21.9. The molecule has 0 saturated carbocycles. The minimum atomic E-state index is -0.609. The fourth-order valence-corrected chi connectivity index (χ4v) is 1.94. The summed E-state index contributed by atoms with van der Waals surface area (Å²) >= 11 is 0. The minimum absolute atomic E-state index is 0.151. The van der Waals surface area contributed by atoms with Crippen molar-refractivity contribution in [2.75, 3.05) is 26.4 Å². The highest BCUT2D eigenvalue weighted by Gasteiger charge is 2.24. The van der Waals surface area contributed by atoms with Crippen LogP contribution in [0.4, 0.5) is 0 Å². The Kier molecular flexibility index (Phi) is 7.74. The molecule has 25 heavy (non-hydrogen) atoms. The molecule has 0 saturated heterocycles. The lowest BCUT2D eigenvalue weighted by molar-refractivity contribution is -0.129. The standard InChI is InChI=1S/C19H28O6/c1-7-22-14-10-13(11-15(23-8-2)17(14)24-9-3)18(21)25-12-16(20)19(4,5)6/h10-11H,7-9,12H2,1-6H3. The Hall–Kier alpha value is -2.24. The van der Waals surface area contributed by atoms with Crippen LogP contribution in [0.25, 0.3) is 0 Å². The van der Waals surface area contributed by atoms with E-state index >= 15 is 0 Å². The third-order valence-electron chi connectivity index (χ3n) is 3.32. The van der Waals surface area contributed by atoms with Crippen LogP contribution in [-0.2, 0) is 9.53 Å². The molecule has 0 amide bonds. The minimum Gasteiger partial charge on any atom is -0.490 e. The average molecular weight is 352 g/mol. The van der Waals surface area contributed by atoms with Gasteiger partial charge in [0.25, 0.3) is 0 Å². The highest BCUT2D eigenvalue weighted by molar-refractivity contribution is 5.94. The first-order valence-corrected chi connectivity index (χ1v) is 8.51. The molecule has 0 aliphatic carbocycles. The predicted molar refractivity (Wildman–Crippen MR) is 94.7 cm³/mol. The fraction of sp³-hybridized carbons (Fsp3) is 0.579. The van der Waals surface area contributed by atoms with E-state index in [1.165, 1.54) is 0 Å². The van der Waals surface area contributed by atoms with Crippen LogP contribution in [0.1, 0.15) is 51.9 Å². The van der Waals surface area contributed by atoms with Crippen molar-refractivity contribution in [3.8, 4) is 17.2 Å². The molecule has 0 radical (unpaired) electrons. The quantitative estimate of drug-likeness (QED) is 0.632. The van der Waals surface area contributed by atoms with Gasteiger partial charge in [0.1, 0.15) is 0 Å². The van der Waals surface area contributed by atoms with E-state index in [9.17, 15) is 9.59 Å². The highest BCUT2D eigenvalue weighted by atomic mass is 16.5. The smallest absolute Gasteiger partial charge is 0.338 e. The van der Waals surface area contributed by atoms with Crippen LogP contribution in [0, 0.1) is 5.41 Å². The van der Waals surface area contributed by atoms with Crippen molar-refractivity contribution in [3.05, 3.63) is 17.7 Å². The molecule has 1 aromatic rings. The van der Waals surface area contributed by atoms with Crippen LogP contribution >= 0.6 is 0 Å². The molecule has 0 bridgehead atoms. The van der Waals surface area contributed by atoms with Gasteiger partial charge >= 0.3 is 5.97 Å². The average Bonchev–Trinajstić information content (AvgIpc) is 2.54. The molecular weight excluding hydrogens is 324 g/mol. The van der Waals surface area contributed by atoms with Crippen molar-refractivity contribution < 1.29 is 28.5 Å². The van der Waals surface area contributed by atoms with E-state index in [0.717, 1.165) is 0 Å². The van der Waals surface area contributed by atoms with E-state index < -0.39 is 11.4 Å². The van der Waals surface area contributed by atoms with Crippen molar-refractivity contribution in [3.63, 3.8) is 0 Å². The molecule has 0 heterocycles. The maximum Gasteiger partial charge on any atom is 0.338 e. The van der Waals surface area contributed by atoms with Gasteiger partial charge in [-0.1, -0.05) is 20.8 Å². The van der Waals surface area contributed by atoms with E-state index in [0.29, 0.717) is 37.1 Å². The number of esters is 1. The molecule has 0 aromatic heterocycles. The van der Waals surface area contributed by atoms with Gasteiger partial charge in [0.15, 0.2) is 23.9 Å². The van der Waals surface area contributed by atoms with Crippen molar-refractivity contribution in [1.82, 2.24) is 0 Å². The maximum atomic E-state index is 12.3. The SMILES string of the molecule is CCOc1cc(C(=O)OCC(=O)C(C)(C)C)cc(OCC)c1OCC. The monoisotopic (exact) mass is 352 g/mol. The van der Waals surface area contributed by atoms with Gasteiger partial charge in [0.05, 0.1) is 25.4 Å². The van der Waals surface area contributed by atoms with Gasteiger partial charge in [-0.2, -0.15) is 0 Å². The zero-order valence-electron chi connectivity index (χ0n) is 15.9. The van der Waals surface area contributed by atoms with Crippen LogP contribution in [0.5, 0.6) is 17.2 Å². The Morgan fingerprint density at radius 1 is 0.880 bits per heavy atom. The summed E-state index contributed by atoms with van der Waals surface area (Å²) in [6, 6.07) is 3.09. The maximum absolute atomic E-state index is 12.3. The van der Waals surface area contributed by atoms with E-state index in [-0.39, 0.29) is 18.0 Å².